The molecule has 606 valence electrons. The smallest absolute Gasteiger partial charge is 0.462 e. The largest absolute Gasteiger partial charge is 0.472 e. The van der Waals surface area contributed by atoms with Gasteiger partial charge in [-0.05, 0) is 37.5 Å². The second-order valence-corrected chi connectivity index (χ2v) is 33.3. The van der Waals surface area contributed by atoms with Crippen molar-refractivity contribution in [1.29, 1.82) is 0 Å². The quantitative estimate of drug-likeness (QED) is 0.0222. The molecule has 0 saturated heterocycles. The normalized spacial score (nSPS) is 14.4. The van der Waals surface area contributed by atoms with Gasteiger partial charge in [-0.2, -0.15) is 0 Å². The minimum Gasteiger partial charge on any atom is -0.462 e. The molecule has 0 aliphatic rings. The number of rotatable bonds is 82. The highest BCUT2D eigenvalue weighted by atomic mass is 31.2. The van der Waals surface area contributed by atoms with Crippen molar-refractivity contribution in [3.05, 3.63) is 0 Å². The van der Waals surface area contributed by atoms with Crippen LogP contribution in [0.4, 0.5) is 0 Å². The van der Waals surface area contributed by atoms with Gasteiger partial charge < -0.3 is 33.8 Å². The maximum absolute atomic E-state index is 13.1. The maximum atomic E-state index is 13.1. The highest BCUT2D eigenvalue weighted by molar-refractivity contribution is 7.47. The van der Waals surface area contributed by atoms with Gasteiger partial charge in [-0.3, -0.25) is 37.3 Å². The zero-order chi connectivity index (χ0) is 74.9. The van der Waals surface area contributed by atoms with Gasteiger partial charge in [0.1, 0.15) is 19.3 Å². The van der Waals surface area contributed by atoms with Crippen LogP contribution in [0.5, 0.6) is 0 Å². The van der Waals surface area contributed by atoms with Gasteiger partial charge in [0.15, 0.2) is 12.2 Å². The highest BCUT2D eigenvalue weighted by Crippen LogP contribution is 2.45. The van der Waals surface area contributed by atoms with Gasteiger partial charge >= 0.3 is 39.5 Å². The van der Waals surface area contributed by atoms with Crippen molar-refractivity contribution in [2.45, 2.75) is 458 Å². The predicted octanol–water partition coefficient (Wildman–Crippen LogP) is 25.1. The van der Waals surface area contributed by atoms with Gasteiger partial charge in [0.25, 0.3) is 0 Å². The maximum Gasteiger partial charge on any atom is 0.472 e. The average Bonchev–Trinajstić information content (AvgIpc) is 0.912. The van der Waals surface area contributed by atoms with Gasteiger partial charge in [-0.1, -0.05) is 388 Å². The van der Waals surface area contributed by atoms with Crippen molar-refractivity contribution in [3.8, 4) is 0 Å². The van der Waals surface area contributed by atoms with Crippen LogP contribution in [0, 0.1) is 11.8 Å². The fraction of sp³-hybridized carbons (Fsp3) is 0.952. The molecule has 0 saturated carbocycles. The fourth-order valence-corrected chi connectivity index (χ4v) is 14.4. The number of esters is 4. The van der Waals surface area contributed by atoms with Crippen LogP contribution >= 0.6 is 15.6 Å². The van der Waals surface area contributed by atoms with E-state index in [4.69, 9.17) is 37.0 Å². The highest BCUT2D eigenvalue weighted by Gasteiger charge is 2.30. The second-order valence-electron chi connectivity index (χ2n) is 30.4. The molecule has 0 aromatic rings. The van der Waals surface area contributed by atoms with E-state index in [9.17, 15) is 43.2 Å². The predicted molar refractivity (Wildman–Crippen MR) is 418 cm³/mol. The topological polar surface area (TPSA) is 237 Å². The van der Waals surface area contributed by atoms with E-state index in [-0.39, 0.29) is 25.7 Å². The molecule has 0 aliphatic heterocycles. The summed E-state index contributed by atoms with van der Waals surface area (Å²) in [5.74, 6) is -0.435. The first-order valence-electron chi connectivity index (χ1n) is 43.1. The number of carbonyl (C=O) groups excluding carboxylic acids is 4. The average molecular weight is 1490 g/mol. The van der Waals surface area contributed by atoms with E-state index in [1.807, 2.05) is 0 Å². The van der Waals surface area contributed by atoms with E-state index in [0.717, 1.165) is 108 Å². The third kappa shape index (κ3) is 73.6. The molecule has 3 N–H and O–H groups in total. The zero-order valence-corrected chi connectivity index (χ0v) is 68.7. The number of phosphoric acid groups is 2. The van der Waals surface area contributed by atoms with Crippen molar-refractivity contribution in [2.75, 3.05) is 39.6 Å². The Morgan fingerprint density at radius 3 is 0.696 bits per heavy atom. The number of carbonyl (C=O) groups is 4. The number of aliphatic hydroxyl groups excluding tert-OH is 1. The molecule has 0 bridgehead atoms. The molecule has 17 nitrogen and oxygen atoms in total. The standard InChI is InChI=1S/C83H162O17P2/c1-7-11-13-15-17-19-20-21-22-23-27-30-33-36-42-48-54-60-66-81(86)94-72-79(100-82(87)67-61-55-49-43-37-34-31-28-25-24-26-29-32-35-40-45-51-57-63-75(5)9-3)74-98-102(91,92)96-70-77(84)69-95-101(89,90)97-73-78(71-93-80(85)65-59-53-47-18-16-14-12-8-2)99-83(88)68-62-56-50-44-39-38-41-46-52-58-64-76(6)10-4/h75-79,84H,7-74H2,1-6H3,(H,89,90)(H,91,92)/t75?,76?,77-,78+,79+/m0/s1. The van der Waals surface area contributed by atoms with Crippen LogP contribution in [0.25, 0.3) is 0 Å². The lowest BCUT2D eigenvalue weighted by Crippen LogP contribution is -2.30. The van der Waals surface area contributed by atoms with Gasteiger partial charge in [0.05, 0.1) is 26.4 Å². The summed E-state index contributed by atoms with van der Waals surface area (Å²) in [7, 11) is -9.92. The van der Waals surface area contributed by atoms with Crippen LogP contribution in [0.2, 0.25) is 0 Å². The number of unbranched alkanes of at least 4 members (excludes halogenated alkanes) is 50. The number of aliphatic hydroxyl groups is 1. The molecule has 0 radical (unpaired) electrons. The zero-order valence-electron chi connectivity index (χ0n) is 66.9. The summed E-state index contributed by atoms with van der Waals surface area (Å²) in [6.45, 7) is 9.71. The lowest BCUT2D eigenvalue weighted by atomic mass is 9.99. The summed E-state index contributed by atoms with van der Waals surface area (Å²) in [4.78, 5) is 73.0. The summed E-state index contributed by atoms with van der Waals surface area (Å²) >= 11 is 0. The van der Waals surface area contributed by atoms with Crippen LogP contribution in [0.15, 0.2) is 0 Å². The number of hydrogen-bond acceptors (Lipinski definition) is 15. The molecule has 0 aliphatic carbocycles. The summed E-state index contributed by atoms with van der Waals surface area (Å²) < 4.78 is 68.7. The first-order chi connectivity index (χ1) is 49.4. The number of hydrogen-bond donors (Lipinski definition) is 3. The van der Waals surface area contributed by atoms with Crippen LogP contribution in [0.1, 0.15) is 440 Å². The lowest BCUT2D eigenvalue weighted by molar-refractivity contribution is -0.161. The Labute approximate surface area is 626 Å². The molecule has 0 fully saturated rings. The molecule has 4 unspecified atom stereocenters. The summed E-state index contributed by atoms with van der Waals surface area (Å²) in [5.41, 5.74) is 0. The molecule has 0 aromatic heterocycles. The Balaban J connectivity index is 5.19. The molecule has 0 spiro atoms. The monoisotopic (exact) mass is 1490 g/mol. The van der Waals surface area contributed by atoms with E-state index in [2.05, 4.69) is 41.5 Å². The minimum absolute atomic E-state index is 0.106. The van der Waals surface area contributed by atoms with E-state index in [0.29, 0.717) is 25.7 Å². The Morgan fingerprint density at radius 2 is 0.471 bits per heavy atom. The molecule has 0 amide bonds. The second kappa shape index (κ2) is 74.5. The molecular weight excluding hydrogens is 1330 g/mol. The number of phosphoric ester groups is 2. The summed E-state index contributed by atoms with van der Waals surface area (Å²) in [5, 5.41) is 10.6. The number of ether oxygens (including phenoxy) is 4. The van der Waals surface area contributed by atoms with E-state index < -0.39 is 97.5 Å². The molecule has 0 aromatic carbocycles. The molecule has 7 atom stereocenters. The fourth-order valence-electron chi connectivity index (χ4n) is 12.8. The molecular formula is C83H162O17P2. The van der Waals surface area contributed by atoms with E-state index in [1.54, 1.807) is 0 Å². The van der Waals surface area contributed by atoms with Gasteiger partial charge in [0, 0.05) is 25.7 Å². The van der Waals surface area contributed by atoms with Gasteiger partial charge in [-0.15, -0.1) is 0 Å². The van der Waals surface area contributed by atoms with Crippen molar-refractivity contribution in [3.63, 3.8) is 0 Å². The summed E-state index contributed by atoms with van der Waals surface area (Å²) in [6, 6.07) is 0. The molecule has 0 rings (SSSR count). The Hall–Kier alpha value is -1.94. The summed E-state index contributed by atoms with van der Waals surface area (Å²) in [6.07, 6.45) is 65.3. The van der Waals surface area contributed by atoms with Crippen molar-refractivity contribution >= 4 is 39.5 Å². The van der Waals surface area contributed by atoms with Crippen molar-refractivity contribution < 1.29 is 80.2 Å². The molecule has 0 heterocycles. The Morgan fingerprint density at radius 1 is 0.275 bits per heavy atom. The van der Waals surface area contributed by atoms with Crippen LogP contribution in [-0.4, -0.2) is 96.7 Å². The van der Waals surface area contributed by atoms with E-state index >= 15 is 0 Å². The van der Waals surface area contributed by atoms with Gasteiger partial charge in [-0.25, -0.2) is 9.13 Å². The first kappa shape index (κ1) is 100. The van der Waals surface area contributed by atoms with Crippen LogP contribution < -0.4 is 0 Å². The lowest BCUT2D eigenvalue weighted by Gasteiger charge is -2.21. The van der Waals surface area contributed by atoms with Crippen LogP contribution in [0.3, 0.4) is 0 Å². The van der Waals surface area contributed by atoms with Crippen molar-refractivity contribution in [1.82, 2.24) is 0 Å². The van der Waals surface area contributed by atoms with Crippen molar-refractivity contribution in [2.24, 2.45) is 11.8 Å². The minimum atomic E-state index is -4.96. The Bertz CT molecular complexity index is 1960. The van der Waals surface area contributed by atoms with Crippen LogP contribution in [-0.2, 0) is 65.4 Å². The SMILES string of the molecule is CCCCCCCCCCCCCCCCCCCCC(=O)OC[C@H](COP(=O)(O)OC[C@@H](O)COP(=O)(O)OC[C@@H](COC(=O)CCCCCCCCCC)OC(=O)CCCCCCCCCCCCC(C)CC)OC(=O)CCCCCCCCCCCCCCCCCCCCC(C)CC. The van der Waals surface area contributed by atoms with Gasteiger partial charge in [0.2, 0.25) is 0 Å². The molecule has 19 heteroatoms. The molecule has 102 heavy (non-hydrogen) atoms. The Kier molecular flexibility index (Phi) is 73.1. The van der Waals surface area contributed by atoms with E-state index in [1.165, 1.54) is 250 Å². The first-order valence-corrected chi connectivity index (χ1v) is 46.1. The third-order valence-electron chi connectivity index (χ3n) is 20.2. The third-order valence-corrected chi connectivity index (χ3v) is 22.1.